The minimum absolute atomic E-state index is 0.0391. The first-order chi connectivity index (χ1) is 15.1. The van der Waals surface area contributed by atoms with E-state index in [0.29, 0.717) is 12.1 Å². The van der Waals surface area contributed by atoms with Gasteiger partial charge in [-0.2, -0.15) is 0 Å². The van der Waals surface area contributed by atoms with Crippen LogP contribution in [0.2, 0.25) is 0 Å². The van der Waals surface area contributed by atoms with E-state index >= 15 is 0 Å². The van der Waals surface area contributed by atoms with Crippen molar-refractivity contribution in [1.82, 2.24) is 9.80 Å². The molecular weight excluding hydrogens is 395 g/mol. The molecule has 6 heteroatoms. The lowest BCUT2D eigenvalue weighted by atomic mass is 9.73. The summed E-state index contributed by atoms with van der Waals surface area (Å²) in [6.45, 7) is 0.511. The highest BCUT2D eigenvalue weighted by Crippen LogP contribution is 2.43. The van der Waals surface area contributed by atoms with Crippen LogP contribution in [0, 0.1) is 11.7 Å². The molecule has 0 spiro atoms. The normalized spacial score (nSPS) is 26.0. The van der Waals surface area contributed by atoms with E-state index in [-0.39, 0.29) is 54.7 Å². The summed E-state index contributed by atoms with van der Waals surface area (Å²) in [5.74, 6) is -0.237. The van der Waals surface area contributed by atoms with Gasteiger partial charge in [0, 0.05) is 23.9 Å². The number of aliphatic hydroxyl groups excluding tert-OH is 1. The molecule has 3 aliphatic rings. The number of carbonyl (C=O) groups excluding carboxylic acids is 2. The molecule has 5 nitrogen and oxygen atoms in total. The number of amides is 2. The maximum absolute atomic E-state index is 14.1. The van der Waals surface area contributed by atoms with Gasteiger partial charge < -0.3 is 14.9 Å². The minimum Gasteiger partial charge on any atom is -0.394 e. The summed E-state index contributed by atoms with van der Waals surface area (Å²) < 4.78 is 14.1. The molecule has 2 aromatic rings. The summed E-state index contributed by atoms with van der Waals surface area (Å²) in [4.78, 5) is 29.2. The van der Waals surface area contributed by atoms with Crippen molar-refractivity contribution in [2.24, 2.45) is 5.92 Å². The van der Waals surface area contributed by atoms with Crippen molar-refractivity contribution < 1.29 is 19.1 Å². The summed E-state index contributed by atoms with van der Waals surface area (Å²) in [5, 5.41) is 9.97. The van der Waals surface area contributed by atoms with E-state index in [9.17, 15) is 19.1 Å². The van der Waals surface area contributed by atoms with Gasteiger partial charge in [0.2, 0.25) is 11.8 Å². The lowest BCUT2D eigenvalue weighted by Gasteiger charge is -2.59. The Bertz CT molecular complexity index is 987. The average Bonchev–Trinajstić information content (AvgIpc) is 3.30. The van der Waals surface area contributed by atoms with Crippen molar-refractivity contribution in [3.63, 3.8) is 0 Å². The van der Waals surface area contributed by atoms with Crippen molar-refractivity contribution in [2.75, 3.05) is 19.7 Å². The monoisotopic (exact) mass is 422 g/mol. The maximum atomic E-state index is 14.1. The summed E-state index contributed by atoms with van der Waals surface area (Å²) in [5.41, 5.74) is 2.34. The predicted octanol–water partition coefficient (Wildman–Crippen LogP) is 3.18. The summed E-state index contributed by atoms with van der Waals surface area (Å²) in [6.07, 6.45) is 3.99. The molecule has 2 amide bonds. The summed E-state index contributed by atoms with van der Waals surface area (Å²) >= 11 is 0. The van der Waals surface area contributed by atoms with Gasteiger partial charge in [-0.05, 0) is 30.0 Å². The number of halogens is 1. The Kier molecular flexibility index (Phi) is 5.26. The third-order valence-corrected chi connectivity index (χ3v) is 7.25. The maximum Gasteiger partial charge on any atom is 0.242 e. The predicted molar refractivity (Wildman–Crippen MR) is 115 cm³/mol. The zero-order valence-corrected chi connectivity index (χ0v) is 17.4. The topological polar surface area (TPSA) is 60.9 Å². The first-order valence-corrected chi connectivity index (χ1v) is 11.1. The van der Waals surface area contributed by atoms with Gasteiger partial charge in [-0.3, -0.25) is 9.59 Å². The SMILES string of the molecule is O=C(C1CCCC1)N1CC(=O)N2[C@@H](CO)[C@H](c3ccc(-c4ccccc4F)cc3)[C@@H]2C1. The lowest BCUT2D eigenvalue weighted by molar-refractivity contribution is -0.168. The number of aliphatic hydroxyl groups is 1. The van der Waals surface area contributed by atoms with Gasteiger partial charge in [0.1, 0.15) is 5.82 Å². The zero-order valence-electron chi connectivity index (χ0n) is 17.4. The molecule has 5 rings (SSSR count). The van der Waals surface area contributed by atoms with Gasteiger partial charge in [0.05, 0.1) is 25.2 Å². The largest absolute Gasteiger partial charge is 0.394 e. The Labute approximate surface area is 181 Å². The van der Waals surface area contributed by atoms with Crippen LogP contribution >= 0.6 is 0 Å². The number of hydrogen-bond acceptors (Lipinski definition) is 3. The van der Waals surface area contributed by atoms with Crippen LogP contribution in [0.5, 0.6) is 0 Å². The van der Waals surface area contributed by atoms with Crippen molar-refractivity contribution in [3.8, 4) is 11.1 Å². The molecule has 162 valence electrons. The Morgan fingerprint density at radius 1 is 1.06 bits per heavy atom. The van der Waals surface area contributed by atoms with Crippen LogP contribution < -0.4 is 0 Å². The van der Waals surface area contributed by atoms with E-state index in [2.05, 4.69) is 0 Å². The van der Waals surface area contributed by atoms with Gasteiger partial charge in [-0.1, -0.05) is 55.3 Å². The Morgan fingerprint density at radius 2 is 1.77 bits per heavy atom. The Hall–Kier alpha value is -2.73. The van der Waals surface area contributed by atoms with Crippen LogP contribution in [0.15, 0.2) is 48.5 Å². The van der Waals surface area contributed by atoms with Crippen molar-refractivity contribution in [1.29, 1.82) is 0 Å². The molecule has 2 aromatic carbocycles. The van der Waals surface area contributed by atoms with Crippen LogP contribution in [0.4, 0.5) is 4.39 Å². The van der Waals surface area contributed by atoms with Gasteiger partial charge in [0.25, 0.3) is 0 Å². The molecular formula is C25H27FN2O3. The number of carbonyl (C=O) groups is 2. The molecule has 1 N–H and O–H groups in total. The van der Waals surface area contributed by atoms with Gasteiger partial charge in [0.15, 0.2) is 0 Å². The standard InChI is InChI=1S/C25H27FN2O3/c26-20-8-4-3-7-19(20)16-9-11-17(12-10-16)24-21-13-27(25(31)18-5-1-2-6-18)14-23(30)28(21)22(24)15-29/h3-4,7-12,18,21-22,24,29H,1-2,5-6,13-15H2/t21-,22-,24+/m0/s1. The van der Waals surface area contributed by atoms with Crippen molar-refractivity contribution in [2.45, 2.75) is 43.7 Å². The zero-order chi connectivity index (χ0) is 21.5. The van der Waals surface area contributed by atoms with Crippen molar-refractivity contribution in [3.05, 3.63) is 59.9 Å². The Balaban J connectivity index is 1.38. The summed E-state index contributed by atoms with van der Waals surface area (Å²) in [6, 6.07) is 13.9. The first-order valence-electron chi connectivity index (χ1n) is 11.1. The van der Waals surface area contributed by atoms with E-state index in [1.165, 1.54) is 6.07 Å². The fourth-order valence-corrected chi connectivity index (χ4v) is 5.68. The second kappa shape index (κ2) is 8.08. The third-order valence-electron chi connectivity index (χ3n) is 7.25. The van der Waals surface area contributed by atoms with E-state index in [1.54, 1.807) is 21.9 Å². The van der Waals surface area contributed by atoms with Crippen LogP contribution in [-0.4, -0.2) is 58.5 Å². The number of nitrogens with zero attached hydrogens (tertiary/aromatic N) is 2. The van der Waals surface area contributed by atoms with Crippen molar-refractivity contribution >= 4 is 11.8 Å². The number of benzene rings is 2. The minimum atomic E-state index is -0.277. The second-order valence-corrected chi connectivity index (χ2v) is 8.95. The van der Waals surface area contributed by atoms with E-state index in [0.717, 1.165) is 36.8 Å². The highest BCUT2D eigenvalue weighted by molar-refractivity contribution is 5.88. The fraction of sp³-hybridized carbons (Fsp3) is 0.440. The highest BCUT2D eigenvalue weighted by atomic mass is 19.1. The smallest absolute Gasteiger partial charge is 0.242 e. The molecule has 0 aromatic heterocycles. The molecule has 2 heterocycles. The van der Waals surface area contributed by atoms with Gasteiger partial charge >= 0.3 is 0 Å². The van der Waals surface area contributed by atoms with E-state index in [1.807, 2.05) is 30.3 Å². The molecule has 31 heavy (non-hydrogen) atoms. The first kappa shape index (κ1) is 20.2. The fourth-order valence-electron chi connectivity index (χ4n) is 5.68. The number of hydrogen-bond donors (Lipinski definition) is 1. The number of piperazine rings is 1. The molecule has 3 fully saturated rings. The van der Waals surface area contributed by atoms with E-state index < -0.39 is 0 Å². The molecule has 0 radical (unpaired) electrons. The van der Waals surface area contributed by atoms with Gasteiger partial charge in [-0.25, -0.2) is 4.39 Å². The van der Waals surface area contributed by atoms with Gasteiger partial charge in [-0.15, -0.1) is 0 Å². The lowest BCUT2D eigenvalue weighted by Crippen LogP contribution is -2.73. The van der Waals surface area contributed by atoms with Crippen LogP contribution in [0.1, 0.15) is 37.2 Å². The highest BCUT2D eigenvalue weighted by Gasteiger charge is 2.54. The molecule has 0 unspecified atom stereocenters. The molecule has 0 bridgehead atoms. The van der Waals surface area contributed by atoms with Crippen LogP contribution in [-0.2, 0) is 9.59 Å². The Morgan fingerprint density at radius 3 is 2.45 bits per heavy atom. The molecule has 3 atom stereocenters. The molecule has 1 saturated carbocycles. The molecule has 2 aliphatic heterocycles. The third kappa shape index (κ3) is 3.43. The van der Waals surface area contributed by atoms with E-state index in [4.69, 9.17) is 0 Å². The quantitative estimate of drug-likeness (QED) is 0.823. The average molecular weight is 423 g/mol. The second-order valence-electron chi connectivity index (χ2n) is 8.95. The molecule has 1 aliphatic carbocycles. The summed E-state index contributed by atoms with van der Waals surface area (Å²) in [7, 11) is 0. The number of rotatable bonds is 4. The van der Waals surface area contributed by atoms with Crippen LogP contribution in [0.3, 0.4) is 0 Å². The number of fused-ring (bicyclic) bond motifs is 1. The van der Waals surface area contributed by atoms with Crippen LogP contribution in [0.25, 0.3) is 11.1 Å². The molecule has 2 saturated heterocycles.